The maximum Gasteiger partial charge on any atom is 0.355 e. The molecular weight excluding hydrogens is 1750 g/mol. The van der Waals surface area contributed by atoms with Gasteiger partial charge in [-0.15, -0.1) is 0 Å². The number of carbonyl (C=O) groups excluding carboxylic acids is 4. The van der Waals surface area contributed by atoms with Crippen LogP contribution in [0.4, 0.5) is 36.6 Å². The van der Waals surface area contributed by atoms with Crippen molar-refractivity contribution in [1.82, 2.24) is 83.2 Å². The Kier molecular flexibility index (Phi) is 28.0. The third-order valence-corrected chi connectivity index (χ3v) is 25.1. The van der Waals surface area contributed by atoms with E-state index in [1.165, 1.54) is 57.1 Å². The first-order chi connectivity index (χ1) is 62.7. The van der Waals surface area contributed by atoms with Gasteiger partial charge in [-0.2, -0.15) is 15.0 Å². The fourth-order valence-corrected chi connectivity index (χ4v) is 18.3. The number of pyridine rings is 4. The molecule has 12 heterocycles. The van der Waals surface area contributed by atoms with Gasteiger partial charge in [0.05, 0.1) is 93.8 Å². The Morgan fingerprint density at radius 1 is 0.432 bits per heavy atom. The number of nitrogens with zero attached hydrogens (tertiary/aromatic N) is 20. The van der Waals surface area contributed by atoms with Crippen molar-refractivity contribution < 1.29 is 32.3 Å². The molecule has 6 unspecified atom stereocenters. The summed E-state index contributed by atoms with van der Waals surface area (Å²) in [5.74, 6) is -1.25. The van der Waals surface area contributed by atoms with E-state index in [9.17, 15) is 33.6 Å². The number of carbonyl (C=O) groups is 4. The standard InChI is InChI=1S/C34H38ClFN8O3.C32H33ClFN7O2.C32H34ClFN6O2/c1-9-26(46)42-15-20(7)43(16-19(42)6)31-23-14-24(35)29(22-12-10-11-13-25(22)36)38-32(23)44(34(47)41-31)30-27(17(2)3)39-33(37-21(8)45)40-28(30)18(4)5;1-6-25(42)39-14-19(5)40(15-18(39)4)30-22-13-23(33)28(21-9-7-8-10-24(21)34)37-31(22)41(32(43)38-30)29-26(17(2)3)35-16-36-27(29)20-11-12-20;1-8-26(41)38-15-21(7)39(16-20(38)6)30-23-14-24(33)28(22-13-18(4)9-10-25(22)34)36-31(23)40(32(42)37-30)29-19(5)11-12-35-27(29)17(2)3/h9-14,17-20H,1,15-16H2,2-8H3,(H,37,39,40,45);6-10,13,16-20H,1,11-12,14-15H2,2-5H3;8-14,17,20-21H,1,15-16H2,2-7H3. The summed E-state index contributed by atoms with van der Waals surface area (Å²) in [6, 6.07) is 22.9. The molecule has 3 aliphatic heterocycles. The number of anilines is 4. The van der Waals surface area contributed by atoms with Crippen molar-refractivity contribution in [2.45, 2.75) is 196 Å². The Bertz CT molecular complexity index is 6790. The van der Waals surface area contributed by atoms with Crippen LogP contribution in [-0.2, 0) is 19.2 Å². The molecular formula is C98H105Cl3F3N21O7. The second-order valence-electron chi connectivity index (χ2n) is 35.4. The van der Waals surface area contributed by atoms with Crippen molar-refractivity contribution in [2.24, 2.45) is 0 Å². The summed E-state index contributed by atoms with van der Waals surface area (Å²) in [5, 5.41) is 4.82. The van der Waals surface area contributed by atoms with Gasteiger partial charge < -0.3 is 29.4 Å². The summed E-state index contributed by atoms with van der Waals surface area (Å²) in [4.78, 5) is 155. The number of amides is 4. The quantitative estimate of drug-likeness (QED) is 0.0780. The first-order valence-corrected chi connectivity index (χ1v) is 45.2. The molecule has 0 bridgehead atoms. The van der Waals surface area contributed by atoms with Crippen LogP contribution >= 0.6 is 34.8 Å². The average Bonchev–Trinajstić information content (AvgIpc) is 1.01. The van der Waals surface area contributed by atoms with Crippen molar-refractivity contribution in [3.05, 3.63) is 245 Å². The summed E-state index contributed by atoms with van der Waals surface area (Å²) < 4.78 is 49.7. The van der Waals surface area contributed by atoms with Crippen molar-refractivity contribution in [1.29, 1.82) is 0 Å². The van der Waals surface area contributed by atoms with Gasteiger partial charge in [0.1, 0.15) is 41.2 Å². The molecule has 132 heavy (non-hydrogen) atoms. The van der Waals surface area contributed by atoms with Crippen LogP contribution in [0, 0.1) is 31.3 Å². The van der Waals surface area contributed by atoms with Crippen LogP contribution in [0.5, 0.6) is 0 Å². The summed E-state index contributed by atoms with van der Waals surface area (Å²) in [6.07, 6.45) is 9.10. The number of halogens is 6. The van der Waals surface area contributed by atoms with Crippen LogP contribution in [-0.4, -0.2) is 182 Å². The number of hydrogen-bond acceptors (Lipinski definition) is 21. The molecule has 1 N–H and O–H groups in total. The zero-order valence-corrected chi connectivity index (χ0v) is 79.0. The molecule has 4 amide bonds. The number of fused-ring (bicyclic) bond motifs is 3. The molecule has 3 aromatic carbocycles. The minimum absolute atomic E-state index is 0.00105. The van der Waals surface area contributed by atoms with Crippen LogP contribution in [0.25, 0.3) is 83.9 Å². The maximum atomic E-state index is 15.2. The zero-order valence-electron chi connectivity index (χ0n) is 76.7. The van der Waals surface area contributed by atoms with Gasteiger partial charge in [0.25, 0.3) is 0 Å². The Morgan fingerprint density at radius 3 is 1.17 bits per heavy atom. The number of aromatic nitrogens is 14. The highest BCUT2D eigenvalue weighted by molar-refractivity contribution is 6.35. The monoisotopic (exact) mass is 1850 g/mol. The Balaban J connectivity index is 0.000000160. The molecule has 6 atom stereocenters. The van der Waals surface area contributed by atoms with E-state index in [0.29, 0.717) is 124 Å². The number of benzene rings is 3. The number of rotatable bonds is 18. The molecule has 1 saturated carbocycles. The molecule has 28 nitrogen and oxygen atoms in total. The molecule has 0 radical (unpaired) electrons. The van der Waals surface area contributed by atoms with Crippen LogP contribution in [0.3, 0.4) is 0 Å². The van der Waals surface area contributed by atoms with E-state index in [2.05, 4.69) is 64.9 Å². The largest absolute Gasteiger partial charge is 0.355 e. The lowest BCUT2D eigenvalue weighted by molar-refractivity contribution is -0.129. The lowest BCUT2D eigenvalue weighted by Crippen LogP contribution is -2.58. The molecule has 0 spiro atoms. The molecule has 9 aromatic heterocycles. The smallest absolute Gasteiger partial charge is 0.349 e. The van der Waals surface area contributed by atoms with Gasteiger partial charge in [0, 0.05) is 111 Å². The van der Waals surface area contributed by atoms with Crippen molar-refractivity contribution in [2.75, 3.05) is 59.3 Å². The SMILES string of the molecule is C=CC(=O)N1CC(C)N(c2nc(=O)n(-c3c(C(C)C)nc(NC(C)=O)nc3C(C)C)c3nc(-c4ccccc4F)c(Cl)cc23)CC1C.C=CC(=O)N1CC(C)N(c2nc(=O)n(-c3c(C(C)C)ncnc3C3CC3)c3nc(-c4ccccc4F)c(Cl)cc23)CC1C.C=CC(=O)N1CC(C)N(c2nc(=O)n(-c3c(C)ccnc3C(C)C)c3nc(-c4cc(C)ccc4F)c(Cl)cc23)CC1C. The van der Waals surface area contributed by atoms with Crippen molar-refractivity contribution in [3.63, 3.8) is 0 Å². The lowest BCUT2D eigenvalue weighted by Gasteiger charge is -2.44. The number of nitrogens with one attached hydrogen (secondary N) is 1. The second-order valence-corrected chi connectivity index (χ2v) is 36.6. The van der Waals surface area contributed by atoms with Gasteiger partial charge in [-0.1, -0.05) is 146 Å². The fraction of sp³-hybridized carbons (Fsp3) is 0.367. The second kappa shape index (κ2) is 38.8. The van der Waals surface area contributed by atoms with Gasteiger partial charge in [-0.05, 0) is 176 Å². The summed E-state index contributed by atoms with van der Waals surface area (Å²) in [5.41, 5.74) is 6.69. The molecule has 16 rings (SSSR count). The van der Waals surface area contributed by atoms with E-state index in [-0.39, 0.29) is 150 Å². The summed E-state index contributed by atoms with van der Waals surface area (Å²) in [6.45, 7) is 45.9. The number of piperazine rings is 3. The normalized spacial score (nSPS) is 17.6. The molecule has 34 heteroatoms. The van der Waals surface area contributed by atoms with Gasteiger partial charge in [-0.25, -0.2) is 76.1 Å². The van der Waals surface area contributed by atoms with Gasteiger partial charge in [0.2, 0.25) is 29.6 Å². The predicted octanol–water partition coefficient (Wildman–Crippen LogP) is 17.5. The minimum atomic E-state index is -0.647. The van der Waals surface area contributed by atoms with E-state index < -0.39 is 34.5 Å². The van der Waals surface area contributed by atoms with Gasteiger partial charge in [-0.3, -0.25) is 29.5 Å². The van der Waals surface area contributed by atoms with Crippen molar-refractivity contribution >= 4 is 115 Å². The van der Waals surface area contributed by atoms with E-state index in [4.69, 9.17) is 49.8 Å². The van der Waals surface area contributed by atoms with Crippen LogP contribution in [0.2, 0.25) is 15.1 Å². The highest BCUT2D eigenvalue weighted by Gasteiger charge is 2.41. The highest BCUT2D eigenvalue weighted by atomic mass is 35.5. The third kappa shape index (κ3) is 18.6. The van der Waals surface area contributed by atoms with E-state index in [1.54, 1.807) is 94.0 Å². The lowest BCUT2D eigenvalue weighted by atomic mass is 10.0. The molecule has 686 valence electrons. The molecule has 3 saturated heterocycles. The van der Waals surface area contributed by atoms with Gasteiger partial charge >= 0.3 is 17.1 Å². The summed E-state index contributed by atoms with van der Waals surface area (Å²) in [7, 11) is 0. The molecule has 1 aliphatic carbocycles. The van der Waals surface area contributed by atoms with Crippen LogP contribution < -0.4 is 37.1 Å². The topological polar surface area (TPSA) is 308 Å². The van der Waals surface area contributed by atoms with E-state index >= 15 is 13.2 Å². The predicted molar refractivity (Wildman–Crippen MR) is 512 cm³/mol. The van der Waals surface area contributed by atoms with E-state index in [0.717, 1.165) is 29.7 Å². The number of hydrogen-bond donors (Lipinski definition) is 1. The Hall–Kier alpha value is -13.0. The first-order valence-electron chi connectivity index (χ1n) is 44.0. The Labute approximate surface area is 777 Å². The Morgan fingerprint density at radius 2 is 0.795 bits per heavy atom. The van der Waals surface area contributed by atoms with E-state index in [1.807, 2.05) is 132 Å². The maximum absolute atomic E-state index is 15.2. The average molecular weight is 1850 g/mol. The molecule has 12 aromatic rings. The highest BCUT2D eigenvalue weighted by Crippen LogP contribution is 2.46. The summed E-state index contributed by atoms with van der Waals surface area (Å²) >= 11 is 20.5. The fourth-order valence-electron chi connectivity index (χ4n) is 17.5. The van der Waals surface area contributed by atoms with Crippen molar-refractivity contribution in [3.8, 4) is 50.8 Å². The van der Waals surface area contributed by atoms with Gasteiger partial charge in [0.15, 0.2) is 16.9 Å². The minimum Gasteiger partial charge on any atom is -0.349 e. The van der Waals surface area contributed by atoms with Crippen LogP contribution in [0.15, 0.2) is 156 Å². The molecule has 4 aliphatic rings. The molecule has 4 fully saturated rings. The third-order valence-electron chi connectivity index (χ3n) is 24.3. The zero-order chi connectivity index (χ0) is 95.3. The first kappa shape index (κ1) is 95.1. The van der Waals surface area contributed by atoms with Crippen LogP contribution in [0.1, 0.15) is 186 Å². The number of aryl methyl sites for hydroxylation is 2.